The lowest BCUT2D eigenvalue weighted by Gasteiger charge is -2.38. The number of benzene rings is 6. The van der Waals surface area contributed by atoms with E-state index in [0.717, 1.165) is 22.3 Å². The van der Waals surface area contributed by atoms with Crippen molar-refractivity contribution in [1.82, 2.24) is 0 Å². The van der Waals surface area contributed by atoms with Gasteiger partial charge in [-0.15, -0.1) is 0 Å². The van der Waals surface area contributed by atoms with Gasteiger partial charge in [0.05, 0.1) is 5.92 Å². The maximum Gasteiger partial charge on any atom is 0.167 e. The van der Waals surface area contributed by atoms with Crippen LogP contribution in [-0.4, -0.2) is 17.3 Å². The first-order valence-electron chi connectivity index (χ1n) is 16.5. The molecule has 0 heterocycles. The van der Waals surface area contributed by atoms with Crippen molar-refractivity contribution < 1.29 is 14.4 Å². The molecular formula is C45H38O3. The van der Waals surface area contributed by atoms with E-state index in [0.29, 0.717) is 11.1 Å². The Morgan fingerprint density at radius 3 is 1.38 bits per heavy atom. The van der Waals surface area contributed by atoms with Crippen LogP contribution in [0, 0.1) is 5.92 Å². The van der Waals surface area contributed by atoms with E-state index in [1.165, 1.54) is 0 Å². The first-order valence-corrected chi connectivity index (χ1v) is 16.5. The van der Waals surface area contributed by atoms with Crippen LogP contribution in [0.4, 0.5) is 0 Å². The Labute approximate surface area is 282 Å². The highest BCUT2D eigenvalue weighted by molar-refractivity contribution is 6.02. The molecule has 236 valence electrons. The second-order valence-electron chi connectivity index (χ2n) is 12.2. The van der Waals surface area contributed by atoms with E-state index in [1.807, 2.05) is 182 Å². The largest absolute Gasteiger partial charge is 0.299 e. The molecule has 0 aliphatic rings. The first kappa shape index (κ1) is 32.3. The normalized spacial score (nSPS) is 13.5. The Morgan fingerprint density at radius 1 is 0.438 bits per heavy atom. The smallest absolute Gasteiger partial charge is 0.167 e. The number of rotatable bonds is 14. The van der Waals surface area contributed by atoms with Crippen LogP contribution in [0.2, 0.25) is 0 Å². The van der Waals surface area contributed by atoms with Crippen molar-refractivity contribution in [2.24, 2.45) is 5.92 Å². The topological polar surface area (TPSA) is 51.2 Å². The third-order valence-electron chi connectivity index (χ3n) is 9.18. The van der Waals surface area contributed by atoms with Crippen molar-refractivity contribution >= 4 is 17.3 Å². The second kappa shape index (κ2) is 15.8. The predicted molar refractivity (Wildman–Crippen MR) is 192 cm³/mol. The number of carbonyl (C=O) groups excluding carboxylic acids is 3. The fourth-order valence-electron chi connectivity index (χ4n) is 6.93. The van der Waals surface area contributed by atoms with Crippen molar-refractivity contribution in [2.75, 3.05) is 0 Å². The highest BCUT2D eigenvalue weighted by Gasteiger charge is 2.44. The molecule has 0 N–H and O–H groups in total. The quantitative estimate of drug-likeness (QED) is 0.113. The van der Waals surface area contributed by atoms with Gasteiger partial charge < -0.3 is 0 Å². The van der Waals surface area contributed by atoms with E-state index in [4.69, 9.17) is 0 Å². The molecule has 0 saturated carbocycles. The summed E-state index contributed by atoms with van der Waals surface area (Å²) in [7, 11) is 0. The number of carbonyl (C=O) groups is 3. The van der Waals surface area contributed by atoms with Gasteiger partial charge in [-0.25, -0.2) is 0 Å². The maximum atomic E-state index is 15.2. The summed E-state index contributed by atoms with van der Waals surface area (Å²) in [4.78, 5) is 44.1. The summed E-state index contributed by atoms with van der Waals surface area (Å²) in [6, 6.07) is 57.9. The van der Waals surface area contributed by atoms with Crippen LogP contribution in [0.5, 0.6) is 0 Å². The summed E-state index contributed by atoms with van der Waals surface area (Å²) in [5, 5.41) is 0. The zero-order chi connectivity index (χ0) is 33.1. The van der Waals surface area contributed by atoms with Crippen LogP contribution in [0.1, 0.15) is 67.1 Å². The molecule has 4 unspecified atom stereocenters. The van der Waals surface area contributed by atoms with Crippen molar-refractivity contribution in [3.63, 3.8) is 0 Å². The summed E-state index contributed by atoms with van der Waals surface area (Å²) >= 11 is 0. The molecule has 6 aromatic carbocycles. The molecule has 0 radical (unpaired) electrons. The lowest BCUT2D eigenvalue weighted by Crippen LogP contribution is -2.36. The minimum Gasteiger partial charge on any atom is -0.299 e. The molecule has 48 heavy (non-hydrogen) atoms. The minimum absolute atomic E-state index is 0.0216. The summed E-state index contributed by atoms with van der Waals surface area (Å²) in [5.41, 5.74) is 4.69. The number of hydrogen-bond donors (Lipinski definition) is 0. The van der Waals surface area contributed by atoms with Gasteiger partial charge in [0.25, 0.3) is 0 Å². The molecule has 6 aromatic rings. The molecule has 4 atom stereocenters. The molecule has 0 spiro atoms. The monoisotopic (exact) mass is 626 g/mol. The van der Waals surface area contributed by atoms with Crippen LogP contribution in [-0.2, 0) is 11.2 Å². The van der Waals surface area contributed by atoms with Gasteiger partial charge in [0.2, 0.25) is 0 Å². The molecule has 0 aromatic heterocycles. The van der Waals surface area contributed by atoms with Crippen molar-refractivity contribution in [3.05, 3.63) is 215 Å². The third-order valence-corrected chi connectivity index (χ3v) is 9.18. The summed E-state index contributed by atoms with van der Waals surface area (Å²) in [6.07, 6.45) is 0.323. The van der Waals surface area contributed by atoms with Gasteiger partial charge in [-0.2, -0.15) is 0 Å². The fraction of sp³-hybridized carbons (Fsp3) is 0.133. The average Bonchev–Trinajstić information content (AvgIpc) is 3.16. The van der Waals surface area contributed by atoms with E-state index in [1.54, 1.807) is 0 Å². The number of ketones is 3. The van der Waals surface area contributed by atoms with Gasteiger partial charge in [0, 0.05) is 41.7 Å². The van der Waals surface area contributed by atoms with Gasteiger partial charge in [-0.1, -0.05) is 182 Å². The standard InChI is InChI=1S/C45H38O3/c46-40(35-23-11-3-12-24-35)32-39(34-21-9-2-10-22-34)44(45(48)38-29-17-6-18-30-38)43(37-27-15-5-16-28-37)42(36-25-13-4-14-26-36)41(47)31-33-19-7-1-8-20-33/h1-30,39,42-44H,31-32H2. The molecule has 3 heteroatoms. The maximum absolute atomic E-state index is 15.2. The van der Waals surface area contributed by atoms with Crippen LogP contribution < -0.4 is 0 Å². The molecule has 6 rings (SSSR count). The van der Waals surface area contributed by atoms with Crippen LogP contribution in [0.3, 0.4) is 0 Å². The summed E-state index contributed by atoms with van der Waals surface area (Å²) in [6.45, 7) is 0. The van der Waals surface area contributed by atoms with Crippen LogP contribution >= 0.6 is 0 Å². The Morgan fingerprint density at radius 2 is 0.854 bits per heavy atom. The Kier molecular flexibility index (Phi) is 10.6. The summed E-state index contributed by atoms with van der Waals surface area (Å²) < 4.78 is 0. The van der Waals surface area contributed by atoms with Crippen LogP contribution in [0.25, 0.3) is 0 Å². The zero-order valence-electron chi connectivity index (χ0n) is 26.8. The van der Waals surface area contributed by atoms with Crippen LogP contribution in [0.15, 0.2) is 182 Å². The van der Waals surface area contributed by atoms with E-state index < -0.39 is 23.7 Å². The second-order valence-corrected chi connectivity index (χ2v) is 12.2. The van der Waals surface area contributed by atoms with Gasteiger partial charge in [0.15, 0.2) is 11.6 Å². The number of hydrogen-bond acceptors (Lipinski definition) is 3. The molecular weight excluding hydrogens is 588 g/mol. The number of Topliss-reactive ketones (excluding diaryl/α,β-unsaturated/α-hetero) is 3. The average molecular weight is 627 g/mol. The highest BCUT2D eigenvalue weighted by Crippen LogP contribution is 2.48. The van der Waals surface area contributed by atoms with Crippen molar-refractivity contribution in [2.45, 2.75) is 30.6 Å². The fourth-order valence-corrected chi connectivity index (χ4v) is 6.93. The molecule has 0 amide bonds. The third kappa shape index (κ3) is 7.65. The molecule has 0 aliphatic carbocycles. The minimum atomic E-state index is -0.755. The first-order chi connectivity index (χ1) is 23.6. The van der Waals surface area contributed by atoms with Gasteiger partial charge in [-0.05, 0) is 22.3 Å². The van der Waals surface area contributed by atoms with Gasteiger partial charge in [-0.3, -0.25) is 14.4 Å². The van der Waals surface area contributed by atoms with Crippen molar-refractivity contribution in [1.29, 1.82) is 0 Å². The highest BCUT2D eigenvalue weighted by atomic mass is 16.1. The molecule has 0 fully saturated rings. The predicted octanol–water partition coefficient (Wildman–Crippen LogP) is 9.92. The molecule has 0 aliphatic heterocycles. The Hall–Kier alpha value is -5.67. The molecule has 0 bridgehead atoms. The SMILES string of the molecule is O=C(CC(c1ccccc1)C(C(=O)c1ccccc1)C(c1ccccc1)C(C(=O)Cc1ccccc1)c1ccccc1)c1ccccc1. The van der Waals surface area contributed by atoms with E-state index in [-0.39, 0.29) is 30.2 Å². The lowest BCUT2D eigenvalue weighted by atomic mass is 9.63. The van der Waals surface area contributed by atoms with Crippen molar-refractivity contribution in [3.8, 4) is 0 Å². The summed E-state index contributed by atoms with van der Waals surface area (Å²) in [5.74, 6) is -2.63. The van der Waals surface area contributed by atoms with E-state index >= 15 is 4.79 Å². The zero-order valence-corrected chi connectivity index (χ0v) is 26.8. The Balaban J connectivity index is 1.59. The van der Waals surface area contributed by atoms with E-state index in [2.05, 4.69) is 0 Å². The lowest BCUT2D eigenvalue weighted by molar-refractivity contribution is -0.120. The van der Waals surface area contributed by atoms with E-state index in [9.17, 15) is 9.59 Å². The molecule has 0 saturated heterocycles. The van der Waals surface area contributed by atoms with Gasteiger partial charge >= 0.3 is 0 Å². The van der Waals surface area contributed by atoms with Gasteiger partial charge in [0.1, 0.15) is 5.78 Å². The molecule has 3 nitrogen and oxygen atoms in total. The Bertz CT molecular complexity index is 1910.